The monoisotopic (exact) mass is 376 g/mol. The Hall–Kier alpha value is -3.54. The lowest BCUT2D eigenvalue weighted by Gasteiger charge is -2.25. The van der Waals surface area contributed by atoms with E-state index < -0.39 is 0 Å². The summed E-state index contributed by atoms with van der Waals surface area (Å²) in [6.45, 7) is 7.57. The molecule has 0 saturated heterocycles. The van der Waals surface area contributed by atoms with Crippen molar-refractivity contribution in [2.75, 3.05) is 23.8 Å². The molecule has 0 saturated carbocycles. The molecule has 2 aromatic carbocycles. The molecular formula is C22H20N2O4. The number of allylic oxidation sites excluding steroid dienone is 2. The lowest BCUT2D eigenvalue weighted by atomic mass is 9.95. The summed E-state index contributed by atoms with van der Waals surface area (Å²) in [4.78, 5) is 23.6. The Morgan fingerprint density at radius 1 is 0.857 bits per heavy atom. The van der Waals surface area contributed by atoms with Gasteiger partial charge in [-0.05, 0) is 48.2 Å². The smallest absolute Gasteiger partial charge is 0.262 e. The molecule has 0 aromatic heterocycles. The highest BCUT2D eigenvalue weighted by atomic mass is 16.5. The summed E-state index contributed by atoms with van der Waals surface area (Å²) in [5, 5.41) is 5.74. The van der Waals surface area contributed by atoms with Crippen LogP contribution >= 0.6 is 0 Å². The number of ether oxygens (including phenoxy) is 2. The van der Waals surface area contributed by atoms with Gasteiger partial charge in [0.1, 0.15) is 5.75 Å². The van der Waals surface area contributed by atoms with Crippen LogP contribution in [-0.4, -0.2) is 25.0 Å². The minimum Gasteiger partial charge on any atom is -0.481 e. The van der Waals surface area contributed by atoms with Crippen LogP contribution in [0.1, 0.15) is 11.1 Å². The molecule has 0 aliphatic carbocycles. The highest BCUT2D eigenvalue weighted by Crippen LogP contribution is 2.44. The molecule has 2 amide bonds. The third-order valence-electron chi connectivity index (χ3n) is 4.61. The Bertz CT molecular complexity index is 993. The molecule has 142 valence electrons. The zero-order valence-electron chi connectivity index (χ0n) is 15.3. The molecular weight excluding hydrogens is 356 g/mol. The highest BCUT2D eigenvalue weighted by molar-refractivity contribution is 6.00. The minimum atomic E-state index is -0.194. The summed E-state index contributed by atoms with van der Waals surface area (Å²) in [7, 11) is 0. The molecule has 2 heterocycles. The maximum atomic E-state index is 11.8. The van der Waals surface area contributed by atoms with Crippen molar-refractivity contribution >= 4 is 23.2 Å². The number of carbonyl (C=O) groups is 2. The summed E-state index contributed by atoms with van der Waals surface area (Å²) in [5.74, 6) is 0.890. The number of benzene rings is 2. The number of hydrogen-bond donors (Lipinski definition) is 2. The fourth-order valence-electron chi connectivity index (χ4n) is 3.50. The zero-order chi connectivity index (χ0) is 19.7. The van der Waals surface area contributed by atoms with E-state index in [4.69, 9.17) is 9.47 Å². The van der Waals surface area contributed by atoms with Crippen LogP contribution in [0.4, 0.5) is 11.4 Å². The number of rotatable bonds is 5. The second kappa shape index (κ2) is 7.23. The van der Waals surface area contributed by atoms with Crippen LogP contribution in [0.25, 0.3) is 11.1 Å². The van der Waals surface area contributed by atoms with Gasteiger partial charge in [0.2, 0.25) is 0 Å². The van der Waals surface area contributed by atoms with Crippen molar-refractivity contribution in [3.8, 4) is 22.6 Å². The summed E-state index contributed by atoms with van der Waals surface area (Å²) in [5.41, 5.74) is 4.87. The first kappa shape index (κ1) is 17.9. The Morgan fingerprint density at radius 2 is 1.50 bits per heavy atom. The van der Waals surface area contributed by atoms with Gasteiger partial charge in [0.05, 0.1) is 11.4 Å². The molecule has 2 aliphatic heterocycles. The van der Waals surface area contributed by atoms with Crippen LogP contribution in [0.2, 0.25) is 0 Å². The Balaban J connectivity index is 1.90. The Labute approximate surface area is 162 Å². The van der Waals surface area contributed by atoms with Gasteiger partial charge in [-0.25, -0.2) is 0 Å². The van der Waals surface area contributed by atoms with Gasteiger partial charge >= 0.3 is 0 Å². The molecule has 0 spiro atoms. The lowest BCUT2D eigenvalue weighted by Crippen LogP contribution is -2.26. The van der Waals surface area contributed by atoms with Crippen LogP contribution in [0.3, 0.4) is 0 Å². The third-order valence-corrected chi connectivity index (χ3v) is 4.61. The first-order valence-electron chi connectivity index (χ1n) is 9.00. The molecule has 2 aromatic rings. The van der Waals surface area contributed by atoms with Crippen molar-refractivity contribution in [2.45, 2.75) is 12.8 Å². The number of anilines is 2. The summed E-state index contributed by atoms with van der Waals surface area (Å²) < 4.78 is 11.4. The topological polar surface area (TPSA) is 76.7 Å². The van der Waals surface area contributed by atoms with Gasteiger partial charge in [0, 0.05) is 11.1 Å². The van der Waals surface area contributed by atoms with E-state index in [9.17, 15) is 9.59 Å². The fourth-order valence-corrected chi connectivity index (χ4v) is 3.50. The van der Waals surface area contributed by atoms with Crippen LogP contribution in [0, 0.1) is 0 Å². The minimum absolute atomic E-state index is 0.00412. The van der Waals surface area contributed by atoms with Gasteiger partial charge in [-0.3, -0.25) is 9.59 Å². The molecule has 2 N–H and O–H groups in total. The summed E-state index contributed by atoms with van der Waals surface area (Å²) in [6.07, 6.45) is 4.85. The predicted molar refractivity (Wildman–Crippen MR) is 108 cm³/mol. The normalized spacial score (nSPS) is 14.6. The van der Waals surface area contributed by atoms with Crippen LogP contribution in [-0.2, 0) is 22.4 Å². The van der Waals surface area contributed by atoms with Crippen molar-refractivity contribution in [2.24, 2.45) is 0 Å². The van der Waals surface area contributed by atoms with E-state index in [1.165, 1.54) is 0 Å². The molecule has 2 aliphatic rings. The zero-order valence-corrected chi connectivity index (χ0v) is 15.3. The molecule has 0 atom stereocenters. The van der Waals surface area contributed by atoms with Crippen LogP contribution in [0.5, 0.6) is 11.5 Å². The molecule has 0 fully saturated rings. The number of nitrogens with one attached hydrogen (secondary N) is 2. The van der Waals surface area contributed by atoms with Gasteiger partial charge in [-0.2, -0.15) is 0 Å². The standard InChI is InChI=1S/C22H20N2O4/c1-3-5-13-7-16(22-17(8-13)23-20(26)12-28-22)15-9-14(6-4-2)21-18(10-15)24-19(25)11-27-21/h3-4,7-10H,1-2,5-6,11-12H2,(H,23,26)(H,24,25). The first-order chi connectivity index (χ1) is 13.6. The van der Waals surface area contributed by atoms with E-state index in [2.05, 4.69) is 23.8 Å². The maximum absolute atomic E-state index is 11.8. The van der Waals surface area contributed by atoms with E-state index in [-0.39, 0.29) is 25.0 Å². The SMILES string of the molecule is C=CCc1cc2c(c(-c3cc(CC=C)c4c(c3)NC(=O)CO4)c1)OCC(=O)N2. The maximum Gasteiger partial charge on any atom is 0.262 e. The first-order valence-corrected chi connectivity index (χ1v) is 9.00. The second-order valence-corrected chi connectivity index (χ2v) is 6.69. The molecule has 6 nitrogen and oxygen atoms in total. The largest absolute Gasteiger partial charge is 0.481 e. The van der Waals surface area contributed by atoms with Crippen LogP contribution < -0.4 is 20.1 Å². The van der Waals surface area contributed by atoms with Gasteiger partial charge < -0.3 is 20.1 Å². The molecule has 28 heavy (non-hydrogen) atoms. The predicted octanol–water partition coefficient (Wildman–Crippen LogP) is 3.47. The van der Waals surface area contributed by atoms with E-state index in [1.54, 1.807) is 12.2 Å². The Morgan fingerprint density at radius 3 is 2.18 bits per heavy atom. The quantitative estimate of drug-likeness (QED) is 0.784. The van der Waals surface area contributed by atoms with E-state index >= 15 is 0 Å². The number of hydrogen-bond acceptors (Lipinski definition) is 4. The van der Waals surface area contributed by atoms with Crippen molar-refractivity contribution in [1.29, 1.82) is 0 Å². The van der Waals surface area contributed by atoms with Crippen LogP contribution in [0.15, 0.2) is 49.6 Å². The average molecular weight is 376 g/mol. The average Bonchev–Trinajstić information content (AvgIpc) is 2.67. The third kappa shape index (κ3) is 3.24. The summed E-state index contributed by atoms with van der Waals surface area (Å²) in [6, 6.07) is 7.78. The highest BCUT2D eigenvalue weighted by Gasteiger charge is 2.24. The van der Waals surface area contributed by atoms with Crippen molar-refractivity contribution < 1.29 is 19.1 Å². The van der Waals surface area contributed by atoms with Crippen molar-refractivity contribution in [3.05, 3.63) is 60.7 Å². The van der Waals surface area contributed by atoms with Crippen molar-refractivity contribution in [1.82, 2.24) is 0 Å². The molecule has 4 rings (SSSR count). The second-order valence-electron chi connectivity index (χ2n) is 6.69. The van der Waals surface area contributed by atoms with Crippen molar-refractivity contribution in [3.63, 3.8) is 0 Å². The molecule has 0 bridgehead atoms. The fraction of sp³-hybridized carbons (Fsp3) is 0.182. The van der Waals surface area contributed by atoms with E-state index in [1.807, 2.05) is 24.3 Å². The molecule has 0 radical (unpaired) electrons. The van der Waals surface area contributed by atoms with E-state index in [0.717, 1.165) is 22.3 Å². The molecule has 0 unspecified atom stereocenters. The molecule has 6 heteroatoms. The Kier molecular flexibility index (Phi) is 4.61. The number of fused-ring (bicyclic) bond motifs is 2. The van der Waals surface area contributed by atoms with Gasteiger partial charge in [0.15, 0.2) is 19.0 Å². The van der Waals surface area contributed by atoms with Gasteiger partial charge in [-0.15, -0.1) is 13.2 Å². The summed E-state index contributed by atoms with van der Waals surface area (Å²) >= 11 is 0. The number of carbonyl (C=O) groups excluding carboxylic acids is 2. The van der Waals surface area contributed by atoms with Gasteiger partial charge in [-0.1, -0.05) is 12.2 Å². The number of amides is 2. The van der Waals surface area contributed by atoms with Gasteiger partial charge in [0.25, 0.3) is 11.8 Å². The van der Waals surface area contributed by atoms with E-state index in [0.29, 0.717) is 35.7 Å². The lowest BCUT2D eigenvalue weighted by molar-refractivity contribution is -0.119.